The summed E-state index contributed by atoms with van der Waals surface area (Å²) in [6.45, 7) is 6.09. The summed E-state index contributed by atoms with van der Waals surface area (Å²) in [5, 5.41) is 11.4. The SMILES string of the molecule is CC(C)OCCCNCCC(=O)O. The summed E-state index contributed by atoms with van der Waals surface area (Å²) in [5.74, 6) is -0.758. The summed E-state index contributed by atoms with van der Waals surface area (Å²) in [7, 11) is 0. The Hall–Kier alpha value is -0.610. The normalized spacial score (nSPS) is 10.7. The largest absolute Gasteiger partial charge is 0.481 e. The lowest BCUT2D eigenvalue weighted by atomic mass is 10.4. The number of nitrogens with one attached hydrogen (secondary N) is 1. The third-order valence-electron chi connectivity index (χ3n) is 1.46. The van der Waals surface area contributed by atoms with Crippen LogP contribution in [0.25, 0.3) is 0 Å². The summed E-state index contributed by atoms with van der Waals surface area (Å²) in [5.41, 5.74) is 0. The number of hydrogen-bond acceptors (Lipinski definition) is 3. The van der Waals surface area contributed by atoms with Crippen molar-refractivity contribution in [1.29, 1.82) is 0 Å². The molecule has 0 aromatic heterocycles. The highest BCUT2D eigenvalue weighted by molar-refractivity contribution is 5.66. The Morgan fingerprint density at radius 3 is 2.69 bits per heavy atom. The fourth-order valence-corrected chi connectivity index (χ4v) is 0.837. The van der Waals surface area contributed by atoms with Gasteiger partial charge in [-0.15, -0.1) is 0 Å². The summed E-state index contributed by atoms with van der Waals surface area (Å²) >= 11 is 0. The van der Waals surface area contributed by atoms with Gasteiger partial charge < -0.3 is 15.2 Å². The van der Waals surface area contributed by atoms with Crippen molar-refractivity contribution in [2.45, 2.75) is 32.8 Å². The topological polar surface area (TPSA) is 58.6 Å². The van der Waals surface area contributed by atoms with Gasteiger partial charge in [0.25, 0.3) is 0 Å². The first kappa shape index (κ1) is 12.4. The zero-order valence-electron chi connectivity index (χ0n) is 8.38. The van der Waals surface area contributed by atoms with Crippen molar-refractivity contribution in [3.63, 3.8) is 0 Å². The molecule has 0 radical (unpaired) electrons. The Balaban J connectivity index is 2.96. The van der Waals surface area contributed by atoms with Crippen molar-refractivity contribution in [1.82, 2.24) is 5.32 Å². The van der Waals surface area contributed by atoms with Crippen molar-refractivity contribution in [3.05, 3.63) is 0 Å². The van der Waals surface area contributed by atoms with Crippen LogP contribution in [0.4, 0.5) is 0 Å². The molecule has 0 bridgehead atoms. The van der Waals surface area contributed by atoms with E-state index in [1.807, 2.05) is 13.8 Å². The van der Waals surface area contributed by atoms with E-state index < -0.39 is 5.97 Å². The van der Waals surface area contributed by atoms with Gasteiger partial charge in [-0.1, -0.05) is 0 Å². The third-order valence-corrected chi connectivity index (χ3v) is 1.46. The van der Waals surface area contributed by atoms with Crippen LogP contribution in [0.1, 0.15) is 26.7 Å². The molecule has 0 spiro atoms. The van der Waals surface area contributed by atoms with E-state index in [9.17, 15) is 4.79 Å². The molecule has 4 heteroatoms. The van der Waals surface area contributed by atoms with E-state index in [4.69, 9.17) is 9.84 Å². The molecule has 0 saturated heterocycles. The monoisotopic (exact) mass is 189 g/mol. The van der Waals surface area contributed by atoms with E-state index in [0.29, 0.717) is 6.54 Å². The molecule has 0 aromatic rings. The van der Waals surface area contributed by atoms with E-state index in [2.05, 4.69) is 5.32 Å². The first-order chi connectivity index (χ1) is 6.13. The van der Waals surface area contributed by atoms with Crippen molar-refractivity contribution in [2.24, 2.45) is 0 Å². The predicted octanol–water partition coefficient (Wildman–Crippen LogP) is 0.866. The fraction of sp³-hybridized carbons (Fsp3) is 0.889. The highest BCUT2D eigenvalue weighted by Crippen LogP contribution is 1.89. The Labute approximate surface area is 79.3 Å². The van der Waals surface area contributed by atoms with Crippen LogP contribution in [-0.2, 0) is 9.53 Å². The molecule has 0 fully saturated rings. The van der Waals surface area contributed by atoms with E-state index >= 15 is 0 Å². The Morgan fingerprint density at radius 2 is 2.15 bits per heavy atom. The van der Waals surface area contributed by atoms with E-state index in [0.717, 1.165) is 19.6 Å². The molecule has 78 valence electrons. The molecule has 0 aromatic carbocycles. The molecule has 0 atom stereocenters. The predicted molar refractivity (Wildman–Crippen MR) is 50.8 cm³/mol. The first-order valence-electron chi connectivity index (χ1n) is 4.67. The minimum atomic E-state index is -0.758. The highest BCUT2D eigenvalue weighted by Gasteiger charge is 1.95. The van der Waals surface area contributed by atoms with Gasteiger partial charge in [-0.3, -0.25) is 4.79 Å². The maximum Gasteiger partial charge on any atom is 0.304 e. The van der Waals surface area contributed by atoms with Gasteiger partial charge in [0.1, 0.15) is 0 Å². The average Bonchev–Trinajstić information content (AvgIpc) is 2.01. The third kappa shape index (κ3) is 11.4. The summed E-state index contributed by atoms with van der Waals surface area (Å²) < 4.78 is 5.31. The van der Waals surface area contributed by atoms with Gasteiger partial charge in [0.2, 0.25) is 0 Å². The quantitative estimate of drug-likeness (QED) is 0.556. The number of aliphatic carboxylic acids is 1. The minimum Gasteiger partial charge on any atom is -0.481 e. The van der Waals surface area contributed by atoms with Crippen LogP contribution in [0.2, 0.25) is 0 Å². The maximum absolute atomic E-state index is 10.1. The smallest absolute Gasteiger partial charge is 0.304 e. The molecule has 0 amide bonds. The van der Waals surface area contributed by atoms with Gasteiger partial charge >= 0.3 is 5.97 Å². The molecule has 0 saturated carbocycles. The van der Waals surface area contributed by atoms with Crippen LogP contribution in [-0.4, -0.2) is 36.9 Å². The van der Waals surface area contributed by atoms with Gasteiger partial charge in [0, 0.05) is 13.2 Å². The number of carboxylic acid groups (broad SMARTS) is 1. The van der Waals surface area contributed by atoms with Crippen LogP contribution in [0, 0.1) is 0 Å². The second-order valence-corrected chi connectivity index (χ2v) is 3.17. The zero-order chi connectivity index (χ0) is 10.1. The first-order valence-corrected chi connectivity index (χ1v) is 4.67. The maximum atomic E-state index is 10.1. The second-order valence-electron chi connectivity index (χ2n) is 3.17. The molecule has 0 aliphatic carbocycles. The molecule has 0 aliphatic rings. The number of hydrogen-bond donors (Lipinski definition) is 2. The molecular formula is C9H19NO3. The zero-order valence-corrected chi connectivity index (χ0v) is 8.38. The van der Waals surface area contributed by atoms with Crippen molar-refractivity contribution in [2.75, 3.05) is 19.7 Å². The minimum absolute atomic E-state index is 0.186. The summed E-state index contributed by atoms with van der Waals surface area (Å²) in [6.07, 6.45) is 1.39. The van der Waals surface area contributed by atoms with Crippen molar-refractivity contribution in [3.8, 4) is 0 Å². The van der Waals surface area contributed by atoms with Crippen LogP contribution >= 0.6 is 0 Å². The van der Waals surface area contributed by atoms with Gasteiger partial charge in [0.15, 0.2) is 0 Å². The van der Waals surface area contributed by atoms with E-state index in [1.54, 1.807) is 0 Å². The second kappa shape index (κ2) is 8.01. The van der Waals surface area contributed by atoms with Gasteiger partial charge in [-0.2, -0.15) is 0 Å². The lowest BCUT2D eigenvalue weighted by Crippen LogP contribution is -2.20. The molecule has 0 unspecified atom stereocenters. The highest BCUT2D eigenvalue weighted by atomic mass is 16.5. The molecular weight excluding hydrogens is 170 g/mol. The number of carbonyl (C=O) groups is 1. The standard InChI is InChI=1S/C9H19NO3/c1-8(2)13-7-3-5-10-6-4-9(11)12/h8,10H,3-7H2,1-2H3,(H,11,12). The summed E-state index contributed by atoms with van der Waals surface area (Å²) in [6, 6.07) is 0. The van der Waals surface area contributed by atoms with Crippen molar-refractivity contribution < 1.29 is 14.6 Å². The number of carboxylic acids is 1. The molecule has 0 heterocycles. The lowest BCUT2D eigenvalue weighted by molar-refractivity contribution is -0.136. The summed E-state index contributed by atoms with van der Waals surface area (Å²) in [4.78, 5) is 10.1. The van der Waals surface area contributed by atoms with Crippen LogP contribution < -0.4 is 5.32 Å². The molecule has 2 N–H and O–H groups in total. The van der Waals surface area contributed by atoms with E-state index in [-0.39, 0.29) is 12.5 Å². The Bertz CT molecular complexity index is 137. The number of rotatable bonds is 8. The lowest BCUT2D eigenvalue weighted by Gasteiger charge is -2.07. The van der Waals surface area contributed by atoms with Crippen LogP contribution in [0.15, 0.2) is 0 Å². The van der Waals surface area contributed by atoms with Gasteiger partial charge in [-0.25, -0.2) is 0 Å². The van der Waals surface area contributed by atoms with Crippen molar-refractivity contribution >= 4 is 5.97 Å². The molecule has 0 aliphatic heterocycles. The molecule has 0 rings (SSSR count). The van der Waals surface area contributed by atoms with Crippen LogP contribution in [0.5, 0.6) is 0 Å². The van der Waals surface area contributed by atoms with Gasteiger partial charge in [-0.05, 0) is 26.8 Å². The van der Waals surface area contributed by atoms with Crippen LogP contribution in [0.3, 0.4) is 0 Å². The Morgan fingerprint density at radius 1 is 1.46 bits per heavy atom. The number of ether oxygens (including phenoxy) is 1. The molecule has 4 nitrogen and oxygen atoms in total. The molecule has 13 heavy (non-hydrogen) atoms. The Kier molecular flexibility index (Phi) is 7.63. The fourth-order valence-electron chi connectivity index (χ4n) is 0.837. The van der Waals surface area contributed by atoms with Gasteiger partial charge in [0.05, 0.1) is 12.5 Å². The average molecular weight is 189 g/mol. The van der Waals surface area contributed by atoms with E-state index in [1.165, 1.54) is 0 Å².